The maximum atomic E-state index is 12.4. The van der Waals surface area contributed by atoms with E-state index in [2.05, 4.69) is 30.8 Å². The Morgan fingerprint density at radius 1 is 1.15 bits per heavy atom. The summed E-state index contributed by atoms with van der Waals surface area (Å²) in [6, 6.07) is 7.54. The van der Waals surface area contributed by atoms with Gasteiger partial charge < -0.3 is 4.98 Å². The van der Waals surface area contributed by atoms with Crippen LogP contribution in [-0.4, -0.2) is 25.8 Å². The highest BCUT2D eigenvalue weighted by molar-refractivity contribution is 7.19. The number of nitrogens with zero attached hydrogens (tertiary/aromatic N) is 3. The third kappa shape index (κ3) is 2.50. The number of anilines is 1. The smallest absolute Gasteiger partial charge is 0.305 e. The van der Waals surface area contributed by atoms with Crippen molar-refractivity contribution in [1.82, 2.24) is 25.4 Å². The van der Waals surface area contributed by atoms with Gasteiger partial charge in [0, 0.05) is 4.88 Å². The van der Waals surface area contributed by atoms with Gasteiger partial charge in [-0.15, -0.1) is 11.3 Å². The van der Waals surface area contributed by atoms with Crippen LogP contribution < -0.4 is 10.9 Å². The molecule has 3 aromatic heterocycles. The topological polar surface area (TPSA) is 95.6 Å². The lowest BCUT2D eigenvalue weighted by Gasteiger charge is -2.12. The second-order valence-corrected chi connectivity index (χ2v) is 7.38. The number of aryl methyl sites for hydroxylation is 2. The molecule has 1 aliphatic rings. The Morgan fingerprint density at radius 3 is 2.96 bits per heavy atom. The van der Waals surface area contributed by atoms with E-state index in [9.17, 15) is 4.79 Å². The third-order valence-electron chi connectivity index (χ3n) is 4.65. The maximum absolute atomic E-state index is 12.4. The predicted molar refractivity (Wildman–Crippen MR) is 101 cm³/mol. The Hall–Kier alpha value is -3.00. The first-order valence-corrected chi connectivity index (χ1v) is 9.37. The van der Waals surface area contributed by atoms with E-state index in [1.807, 2.05) is 24.3 Å². The molecule has 5 rings (SSSR count). The first-order valence-electron chi connectivity index (χ1n) is 8.56. The number of thiophene rings is 1. The largest absolute Gasteiger partial charge is 0.334 e. The Bertz CT molecular complexity index is 1100. The molecule has 1 aromatic carbocycles. The van der Waals surface area contributed by atoms with E-state index in [1.54, 1.807) is 11.3 Å². The van der Waals surface area contributed by atoms with Crippen molar-refractivity contribution in [1.29, 1.82) is 0 Å². The number of amides is 1. The van der Waals surface area contributed by atoms with Crippen LogP contribution in [0.15, 0.2) is 30.6 Å². The van der Waals surface area contributed by atoms with E-state index in [0.717, 1.165) is 34.1 Å². The van der Waals surface area contributed by atoms with E-state index in [-0.39, 0.29) is 11.7 Å². The van der Waals surface area contributed by atoms with Gasteiger partial charge in [-0.2, -0.15) is 0 Å². The number of hydrogen-bond acceptors (Lipinski definition) is 6. The Kier molecular flexibility index (Phi) is 3.56. The van der Waals surface area contributed by atoms with Crippen molar-refractivity contribution >= 4 is 44.3 Å². The maximum Gasteiger partial charge on any atom is 0.305 e. The number of carbonyl (C=O) groups excluding carboxylic acids is 1. The molecule has 0 fully saturated rings. The second kappa shape index (κ2) is 6.06. The molecule has 0 unspecified atom stereocenters. The molecule has 3 N–H and O–H groups in total. The number of carbonyl (C=O) groups is 1. The van der Waals surface area contributed by atoms with Crippen molar-refractivity contribution < 1.29 is 4.79 Å². The summed E-state index contributed by atoms with van der Waals surface area (Å²) >= 11 is 1.73. The molecule has 3 heterocycles. The standard InChI is InChI=1S/C18H16N6OS/c25-17(16-21-11-6-2-3-7-12(11)22-16)24-23-15-14-10-5-1-4-8-13(10)26-18(14)20-9-19-15/h2-3,6-7,9H,1,4-5,8H2,(H,21,22)(H,24,25)(H,19,20,23). The number of hydrazine groups is 1. The fourth-order valence-electron chi connectivity index (χ4n) is 3.42. The first-order chi connectivity index (χ1) is 12.8. The zero-order valence-electron chi connectivity index (χ0n) is 13.9. The van der Waals surface area contributed by atoms with Crippen molar-refractivity contribution in [3.8, 4) is 0 Å². The number of aromatic nitrogens is 4. The molecule has 26 heavy (non-hydrogen) atoms. The minimum absolute atomic E-state index is 0.261. The van der Waals surface area contributed by atoms with E-state index in [0.29, 0.717) is 5.82 Å². The zero-order valence-corrected chi connectivity index (χ0v) is 14.7. The van der Waals surface area contributed by atoms with Gasteiger partial charge in [-0.1, -0.05) is 12.1 Å². The van der Waals surface area contributed by atoms with Crippen LogP contribution in [0.5, 0.6) is 0 Å². The van der Waals surface area contributed by atoms with Gasteiger partial charge in [-0.25, -0.2) is 15.0 Å². The molecule has 0 spiro atoms. The molecule has 1 amide bonds. The highest BCUT2D eigenvalue weighted by atomic mass is 32.1. The predicted octanol–water partition coefficient (Wildman–Crippen LogP) is 3.20. The van der Waals surface area contributed by atoms with Crippen LogP contribution in [0.25, 0.3) is 21.3 Å². The minimum atomic E-state index is -0.336. The second-order valence-electron chi connectivity index (χ2n) is 6.30. The highest BCUT2D eigenvalue weighted by Crippen LogP contribution is 2.37. The monoisotopic (exact) mass is 364 g/mol. The van der Waals surface area contributed by atoms with Crippen LogP contribution in [0.4, 0.5) is 5.82 Å². The number of hydrogen-bond donors (Lipinski definition) is 3. The summed E-state index contributed by atoms with van der Waals surface area (Å²) in [6.45, 7) is 0. The molecule has 0 saturated carbocycles. The molecular formula is C18H16N6OS. The van der Waals surface area contributed by atoms with Crippen molar-refractivity contribution in [2.45, 2.75) is 25.7 Å². The van der Waals surface area contributed by atoms with E-state index < -0.39 is 0 Å². The fraction of sp³-hybridized carbons (Fsp3) is 0.222. The summed E-state index contributed by atoms with van der Waals surface area (Å²) in [7, 11) is 0. The van der Waals surface area contributed by atoms with Crippen LogP contribution in [0.1, 0.15) is 33.9 Å². The normalized spacial score (nSPS) is 13.7. The van der Waals surface area contributed by atoms with Gasteiger partial charge in [0.05, 0.1) is 16.4 Å². The summed E-state index contributed by atoms with van der Waals surface area (Å²) in [5, 5.41) is 1.03. The summed E-state index contributed by atoms with van der Waals surface area (Å²) in [5.74, 6) is 0.562. The Labute approximate surface area is 152 Å². The molecule has 130 valence electrons. The van der Waals surface area contributed by atoms with Gasteiger partial charge in [0.2, 0.25) is 0 Å². The molecule has 0 bridgehead atoms. The van der Waals surface area contributed by atoms with Crippen molar-refractivity contribution in [3.63, 3.8) is 0 Å². The third-order valence-corrected chi connectivity index (χ3v) is 5.85. The number of benzene rings is 1. The van der Waals surface area contributed by atoms with Crippen LogP contribution in [-0.2, 0) is 12.8 Å². The summed E-state index contributed by atoms with van der Waals surface area (Å²) in [5.41, 5.74) is 8.56. The molecule has 0 saturated heterocycles. The lowest BCUT2D eigenvalue weighted by molar-refractivity contribution is 0.0953. The van der Waals surface area contributed by atoms with Gasteiger partial charge in [0.15, 0.2) is 11.6 Å². The van der Waals surface area contributed by atoms with Gasteiger partial charge in [0.1, 0.15) is 11.2 Å². The van der Waals surface area contributed by atoms with E-state index in [4.69, 9.17) is 0 Å². The fourth-order valence-corrected chi connectivity index (χ4v) is 4.65. The molecule has 0 aliphatic heterocycles. The van der Waals surface area contributed by atoms with Crippen LogP contribution >= 0.6 is 11.3 Å². The molecule has 8 heteroatoms. The first kappa shape index (κ1) is 15.3. The number of aromatic amines is 1. The van der Waals surface area contributed by atoms with E-state index in [1.165, 1.54) is 29.6 Å². The summed E-state index contributed by atoms with van der Waals surface area (Å²) in [6.07, 6.45) is 6.06. The zero-order chi connectivity index (χ0) is 17.5. The lowest BCUT2D eigenvalue weighted by Crippen LogP contribution is -2.30. The molecule has 0 atom stereocenters. The van der Waals surface area contributed by atoms with Crippen molar-refractivity contribution in [2.24, 2.45) is 0 Å². The highest BCUT2D eigenvalue weighted by Gasteiger charge is 2.20. The number of rotatable bonds is 3. The van der Waals surface area contributed by atoms with Crippen LogP contribution in [0.2, 0.25) is 0 Å². The number of H-pyrrole nitrogens is 1. The average molecular weight is 364 g/mol. The number of imidazole rings is 1. The molecule has 4 aromatic rings. The van der Waals surface area contributed by atoms with Gasteiger partial charge in [0.25, 0.3) is 0 Å². The van der Waals surface area contributed by atoms with Crippen molar-refractivity contribution in [3.05, 3.63) is 46.9 Å². The molecular weight excluding hydrogens is 348 g/mol. The van der Waals surface area contributed by atoms with E-state index >= 15 is 0 Å². The Balaban J connectivity index is 1.42. The summed E-state index contributed by atoms with van der Waals surface area (Å²) < 4.78 is 0. The lowest BCUT2D eigenvalue weighted by atomic mass is 9.97. The molecule has 1 aliphatic carbocycles. The minimum Gasteiger partial charge on any atom is -0.334 e. The van der Waals surface area contributed by atoms with Gasteiger partial charge >= 0.3 is 5.91 Å². The SMILES string of the molecule is O=C(NNc1ncnc2sc3c(c12)CCCC3)c1nc2ccccc2[nH]1. The summed E-state index contributed by atoms with van der Waals surface area (Å²) in [4.78, 5) is 30.9. The van der Waals surface area contributed by atoms with Gasteiger partial charge in [-0.3, -0.25) is 15.6 Å². The average Bonchev–Trinajstić information content (AvgIpc) is 3.27. The van der Waals surface area contributed by atoms with Crippen LogP contribution in [0.3, 0.4) is 0 Å². The quantitative estimate of drug-likeness (QED) is 0.485. The van der Waals surface area contributed by atoms with Crippen LogP contribution in [0, 0.1) is 0 Å². The van der Waals surface area contributed by atoms with Gasteiger partial charge in [-0.05, 0) is 43.4 Å². The number of nitrogens with one attached hydrogen (secondary N) is 3. The Morgan fingerprint density at radius 2 is 2.04 bits per heavy atom. The molecule has 0 radical (unpaired) electrons. The molecule has 7 nitrogen and oxygen atoms in total. The van der Waals surface area contributed by atoms with Crippen molar-refractivity contribution in [2.75, 3.05) is 5.43 Å². The number of fused-ring (bicyclic) bond motifs is 4. The number of para-hydroxylation sites is 2.